The number of esters is 3. The van der Waals surface area contributed by atoms with Gasteiger partial charge in [-0.05, 0) is 97.3 Å². The third-order valence-corrected chi connectivity index (χ3v) is 6.97. The molecule has 48 heavy (non-hydrogen) atoms. The van der Waals surface area contributed by atoms with Crippen molar-refractivity contribution in [1.82, 2.24) is 0 Å². The van der Waals surface area contributed by atoms with Crippen LogP contribution in [0.25, 0.3) is 17.2 Å². The zero-order valence-electron chi connectivity index (χ0n) is 26.8. The van der Waals surface area contributed by atoms with Crippen molar-refractivity contribution >= 4 is 35.6 Å². The zero-order valence-corrected chi connectivity index (χ0v) is 27.5. The Morgan fingerprint density at radius 3 is 2.08 bits per heavy atom. The van der Waals surface area contributed by atoms with E-state index in [-0.39, 0.29) is 25.6 Å². The van der Waals surface area contributed by atoms with E-state index >= 15 is 0 Å². The van der Waals surface area contributed by atoms with Gasteiger partial charge in [0.1, 0.15) is 31.3 Å². The minimum Gasteiger partial charge on any atom is -0.493 e. The number of carbonyl (C=O) groups excluding carboxylic acids is 3. The predicted octanol–water partition coefficient (Wildman–Crippen LogP) is 7.76. The third kappa shape index (κ3) is 10.2. The van der Waals surface area contributed by atoms with Crippen LogP contribution < -0.4 is 18.9 Å². The Bertz CT molecular complexity index is 1740. The molecule has 4 aromatic carbocycles. The van der Waals surface area contributed by atoms with Crippen molar-refractivity contribution in [3.8, 4) is 34.1 Å². The summed E-state index contributed by atoms with van der Waals surface area (Å²) < 4.78 is 32.7. The number of hydrogen-bond acceptors (Lipinski definition) is 9. The van der Waals surface area contributed by atoms with Crippen molar-refractivity contribution in [1.29, 1.82) is 0 Å². The van der Waals surface area contributed by atoms with Crippen LogP contribution in [-0.2, 0) is 19.1 Å². The molecular weight excluding hydrogens is 636 g/mol. The van der Waals surface area contributed by atoms with Gasteiger partial charge in [0.15, 0.2) is 11.5 Å². The van der Waals surface area contributed by atoms with E-state index in [0.717, 1.165) is 11.1 Å². The zero-order chi connectivity index (χ0) is 34.5. The summed E-state index contributed by atoms with van der Waals surface area (Å²) in [7, 11) is 1.44. The Balaban J connectivity index is 1.22. The van der Waals surface area contributed by atoms with E-state index in [1.165, 1.54) is 19.3 Å². The lowest BCUT2D eigenvalue weighted by Gasteiger charge is -2.24. The second-order valence-electron chi connectivity index (χ2n) is 10.7. The summed E-state index contributed by atoms with van der Waals surface area (Å²) in [5.41, 5.74) is 1.66. The van der Waals surface area contributed by atoms with E-state index in [2.05, 4.69) is 6.58 Å². The van der Waals surface area contributed by atoms with Gasteiger partial charge in [-0.2, -0.15) is 0 Å². The number of carbonyl (C=O) groups is 3. The molecule has 0 heterocycles. The van der Waals surface area contributed by atoms with Crippen LogP contribution in [0.4, 0.5) is 0 Å². The van der Waals surface area contributed by atoms with E-state index in [1.54, 1.807) is 74.5 Å². The largest absolute Gasteiger partial charge is 0.493 e. The normalized spacial score (nSPS) is 11.0. The van der Waals surface area contributed by atoms with Crippen molar-refractivity contribution in [2.45, 2.75) is 19.4 Å². The highest BCUT2D eigenvalue weighted by Gasteiger charge is 2.33. The van der Waals surface area contributed by atoms with Gasteiger partial charge in [0.2, 0.25) is 5.60 Å². The van der Waals surface area contributed by atoms with Crippen molar-refractivity contribution in [2.24, 2.45) is 0 Å². The molecule has 0 fully saturated rings. The van der Waals surface area contributed by atoms with Crippen LogP contribution in [0.2, 0.25) is 5.02 Å². The second-order valence-corrected chi connectivity index (χ2v) is 11.1. The van der Waals surface area contributed by atoms with Crippen LogP contribution >= 0.6 is 11.6 Å². The Hall–Kier alpha value is -5.54. The first-order chi connectivity index (χ1) is 23.1. The second kappa shape index (κ2) is 16.9. The van der Waals surface area contributed by atoms with Gasteiger partial charge >= 0.3 is 17.9 Å². The quantitative estimate of drug-likeness (QED) is 0.0412. The fourth-order valence-electron chi connectivity index (χ4n) is 4.21. The first kappa shape index (κ1) is 35.3. The van der Waals surface area contributed by atoms with Gasteiger partial charge in [-0.3, -0.25) is 0 Å². The molecule has 4 aromatic rings. The average molecular weight is 671 g/mol. The Kier molecular flexibility index (Phi) is 12.4. The molecule has 0 amide bonds. The summed E-state index contributed by atoms with van der Waals surface area (Å²) in [5, 5.41) is 0.551. The molecule has 9 nitrogen and oxygen atoms in total. The minimum atomic E-state index is -1.30. The molecule has 10 heteroatoms. The third-order valence-electron chi connectivity index (χ3n) is 6.72. The van der Waals surface area contributed by atoms with Gasteiger partial charge in [-0.15, -0.1) is 0 Å². The molecule has 0 saturated heterocycles. The number of benzene rings is 4. The van der Waals surface area contributed by atoms with Gasteiger partial charge in [-0.1, -0.05) is 54.6 Å². The monoisotopic (exact) mass is 670 g/mol. The first-order valence-corrected chi connectivity index (χ1v) is 15.3. The van der Waals surface area contributed by atoms with Gasteiger partial charge < -0.3 is 28.4 Å². The number of halogens is 1. The molecule has 0 aliphatic rings. The molecule has 0 spiro atoms. The van der Waals surface area contributed by atoms with E-state index in [4.69, 9.17) is 40.0 Å². The summed E-state index contributed by atoms with van der Waals surface area (Å²) in [6.45, 7) is 7.08. The van der Waals surface area contributed by atoms with E-state index in [0.29, 0.717) is 33.4 Å². The molecule has 248 valence electrons. The molecule has 0 atom stereocenters. The number of rotatable bonds is 15. The lowest BCUT2D eigenvalue weighted by atomic mass is 10.0. The average Bonchev–Trinajstić information content (AvgIpc) is 3.09. The molecule has 0 aromatic heterocycles. The van der Waals surface area contributed by atoms with Gasteiger partial charge in [-0.25, -0.2) is 14.4 Å². The van der Waals surface area contributed by atoms with Gasteiger partial charge in [0.05, 0.1) is 12.7 Å². The minimum absolute atomic E-state index is 0.0421. The molecular formula is C38H35ClO9. The molecule has 4 rings (SSSR count). The fourth-order valence-corrected chi connectivity index (χ4v) is 4.33. The molecule has 0 radical (unpaired) electrons. The summed E-state index contributed by atoms with van der Waals surface area (Å²) in [6.07, 6.45) is 4.35. The lowest BCUT2D eigenvalue weighted by molar-refractivity contribution is -0.149. The molecule has 0 aliphatic carbocycles. The topological polar surface area (TPSA) is 107 Å². The maximum Gasteiger partial charge on any atom is 0.355 e. The SMILES string of the molecule is C=CCOC(=O)c1ccc(-c2ccc(OCCOC(=O)C=Cc3ccc(OC(=O)C(C)(C)Oc4ccc(Cl)cc4)c(OC)c3)cc2)cc1. The highest BCUT2D eigenvalue weighted by Crippen LogP contribution is 2.31. The van der Waals surface area contributed by atoms with Crippen LogP contribution in [0.15, 0.2) is 110 Å². The summed E-state index contributed by atoms with van der Waals surface area (Å²) >= 11 is 5.92. The summed E-state index contributed by atoms with van der Waals surface area (Å²) in [4.78, 5) is 37.1. The Morgan fingerprint density at radius 1 is 0.792 bits per heavy atom. The Labute approximate surface area is 284 Å². The molecule has 0 saturated carbocycles. The van der Waals surface area contributed by atoms with Gasteiger partial charge in [0.25, 0.3) is 0 Å². The molecule has 0 aliphatic heterocycles. The highest BCUT2D eigenvalue weighted by molar-refractivity contribution is 6.30. The smallest absolute Gasteiger partial charge is 0.355 e. The maximum absolute atomic E-state index is 12.9. The number of methoxy groups -OCH3 is 1. The van der Waals surface area contributed by atoms with Gasteiger partial charge in [0, 0.05) is 11.1 Å². The first-order valence-electron chi connectivity index (χ1n) is 14.9. The summed E-state index contributed by atoms with van der Waals surface area (Å²) in [6, 6.07) is 26.0. The fraction of sp³-hybridized carbons (Fsp3) is 0.184. The van der Waals surface area contributed by atoms with E-state index in [1.807, 2.05) is 36.4 Å². The highest BCUT2D eigenvalue weighted by atomic mass is 35.5. The van der Waals surface area contributed by atoms with E-state index < -0.39 is 23.5 Å². The van der Waals surface area contributed by atoms with Crippen LogP contribution in [0.5, 0.6) is 23.0 Å². The Morgan fingerprint density at radius 2 is 1.44 bits per heavy atom. The van der Waals surface area contributed by atoms with Crippen LogP contribution in [0.1, 0.15) is 29.8 Å². The molecule has 0 unspecified atom stereocenters. The van der Waals surface area contributed by atoms with Crippen LogP contribution in [-0.4, -0.2) is 50.4 Å². The van der Waals surface area contributed by atoms with Crippen LogP contribution in [0, 0.1) is 0 Å². The van der Waals surface area contributed by atoms with E-state index in [9.17, 15) is 14.4 Å². The maximum atomic E-state index is 12.9. The van der Waals surface area contributed by atoms with Crippen molar-refractivity contribution in [2.75, 3.05) is 26.9 Å². The standard InChI is InChI=1S/C38H35ClO9/c1-5-22-46-36(41)29-10-8-27(9-11-29)28-12-16-31(17-13-28)44-23-24-45-35(40)21-7-26-6-20-33(34(25-26)43-4)47-37(42)38(2,3)48-32-18-14-30(39)15-19-32/h5-21,25H,1,22-24H2,2-4H3. The van der Waals surface area contributed by atoms with Crippen molar-refractivity contribution < 1.29 is 42.8 Å². The molecule has 0 N–H and O–H groups in total. The van der Waals surface area contributed by atoms with Crippen molar-refractivity contribution in [3.63, 3.8) is 0 Å². The van der Waals surface area contributed by atoms with Crippen LogP contribution in [0.3, 0.4) is 0 Å². The summed E-state index contributed by atoms with van der Waals surface area (Å²) in [5.74, 6) is -0.0220. The molecule has 0 bridgehead atoms. The number of ether oxygens (including phenoxy) is 6. The van der Waals surface area contributed by atoms with Crippen molar-refractivity contribution in [3.05, 3.63) is 126 Å². The number of hydrogen-bond donors (Lipinski definition) is 0. The predicted molar refractivity (Wildman–Crippen MR) is 183 cm³/mol. The lowest BCUT2D eigenvalue weighted by Crippen LogP contribution is -2.41.